The van der Waals surface area contributed by atoms with Gasteiger partial charge in [-0.1, -0.05) is 11.6 Å². The third-order valence-electron chi connectivity index (χ3n) is 5.82. The fourth-order valence-electron chi connectivity index (χ4n) is 3.77. The van der Waals surface area contributed by atoms with Crippen LogP contribution in [0.25, 0.3) is 0 Å². The molecule has 1 aliphatic heterocycles. The molecule has 2 aromatic carbocycles. The van der Waals surface area contributed by atoms with Gasteiger partial charge in [0.1, 0.15) is 18.2 Å². The lowest BCUT2D eigenvalue weighted by Gasteiger charge is -2.34. The normalized spacial score (nSPS) is 14.6. The maximum Gasteiger partial charge on any atom is 0.417 e. The summed E-state index contributed by atoms with van der Waals surface area (Å²) in [6, 6.07) is 5.95. The molecule has 1 aromatic heterocycles. The van der Waals surface area contributed by atoms with E-state index in [9.17, 15) is 26.7 Å². The van der Waals surface area contributed by atoms with E-state index in [1.807, 2.05) is 11.9 Å². The largest absolute Gasteiger partial charge is 0.473 e. The molecule has 3 aromatic rings. The second-order valence-corrected chi connectivity index (χ2v) is 8.91. The topological polar surface area (TPSA) is 59.8 Å². The molecule has 0 unspecified atom stereocenters. The van der Waals surface area contributed by atoms with Gasteiger partial charge in [-0.25, -0.2) is 13.6 Å². The number of likely N-dealkylation sites (N-methyl/N-ethyl adjacent to an activating group) is 1. The van der Waals surface area contributed by atoms with E-state index >= 15 is 0 Å². The van der Waals surface area contributed by atoms with Crippen molar-refractivity contribution in [3.63, 3.8) is 0 Å². The zero-order valence-corrected chi connectivity index (χ0v) is 20.5. The Hall–Kier alpha value is -3.38. The van der Waals surface area contributed by atoms with Crippen LogP contribution in [-0.2, 0) is 19.8 Å². The lowest BCUT2D eigenvalue weighted by molar-refractivity contribution is -0.137. The van der Waals surface area contributed by atoms with Crippen molar-refractivity contribution in [3.05, 3.63) is 74.7 Å². The lowest BCUT2D eigenvalue weighted by atomic mass is 10.2. The van der Waals surface area contributed by atoms with Gasteiger partial charge in [-0.2, -0.15) is 18.2 Å². The highest BCUT2D eigenvalue weighted by molar-refractivity contribution is 6.31. The third kappa shape index (κ3) is 6.13. The summed E-state index contributed by atoms with van der Waals surface area (Å²) in [6.45, 7) is 2.70. The van der Waals surface area contributed by atoms with Gasteiger partial charge in [0.05, 0.1) is 10.6 Å². The summed E-state index contributed by atoms with van der Waals surface area (Å²) in [5.74, 6) is -3.05. The summed E-state index contributed by atoms with van der Waals surface area (Å²) in [6.07, 6.45) is -4.77. The van der Waals surface area contributed by atoms with Crippen molar-refractivity contribution in [3.8, 4) is 17.4 Å². The van der Waals surface area contributed by atoms with Gasteiger partial charge in [-0.15, -0.1) is 0 Å². The number of rotatable bonds is 6. The minimum absolute atomic E-state index is 0.0148. The smallest absolute Gasteiger partial charge is 0.417 e. The maximum absolute atomic E-state index is 14.6. The van der Waals surface area contributed by atoms with E-state index in [0.717, 1.165) is 37.4 Å². The molecule has 4 rings (SSSR count). The number of aromatic nitrogens is 2. The monoisotopic (exact) mass is 544 g/mol. The molecule has 0 amide bonds. The van der Waals surface area contributed by atoms with Crippen LogP contribution < -0.4 is 20.1 Å². The molecular weight excluding hydrogens is 523 g/mol. The van der Waals surface area contributed by atoms with Crippen molar-refractivity contribution in [2.45, 2.75) is 12.8 Å². The van der Waals surface area contributed by atoms with E-state index < -0.39 is 45.6 Å². The Morgan fingerprint density at radius 3 is 2.27 bits per heavy atom. The molecule has 1 saturated heterocycles. The van der Waals surface area contributed by atoms with Crippen LogP contribution in [0, 0.1) is 11.6 Å². The van der Waals surface area contributed by atoms with Gasteiger partial charge < -0.3 is 19.3 Å². The number of anilines is 1. The highest BCUT2D eigenvalue weighted by Gasteiger charge is 2.33. The van der Waals surface area contributed by atoms with Crippen molar-refractivity contribution < 1.29 is 31.4 Å². The summed E-state index contributed by atoms with van der Waals surface area (Å²) < 4.78 is 80.5. The summed E-state index contributed by atoms with van der Waals surface area (Å²) in [5.41, 5.74) is -1.69. The van der Waals surface area contributed by atoms with E-state index in [-0.39, 0.29) is 18.1 Å². The van der Waals surface area contributed by atoms with Crippen molar-refractivity contribution >= 4 is 17.4 Å². The van der Waals surface area contributed by atoms with E-state index in [0.29, 0.717) is 25.0 Å². The Balaban J connectivity index is 1.50. The molecule has 0 atom stereocenters. The van der Waals surface area contributed by atoms with Gasteiger partial charge in [0.25, 0.3) is 0 Å². The molecule has 0 spiro atoms. The van der Waals surface area contributed by atoms with Crippen LogP contribution in [0.15, 0.2) is 41.2 Å². The van der Waals surface area contributed by atoms with Gasteiger partial charge in [0, 0.05) is 39.3 Å². The lowest BCUT2D eigenvalue weighted by Crippen LogP contribution is -2.46. The number of halogens is 6. The van der Waals surface area contributed by atoms with Crippen LogP contribution >= 0.6 is 11.6 Å². The Morgan fingerprint density at radius 1 is 1.00 bits per heavy atom. The molecule has 0 aliphatic carbocycles. The maximum atomic E-state index is 14.6. The molecule has 0 radical (unpaired) electrons. The number of hydrogen-bond acceptors (Lipinski definition) is 6. The fraction of sp³-hybridized carbons (Fsp3) is 0.333. The van der Waals surface area contributed by atoms with E-state index in [2.05, 4.69) is 9.88 Å². The van der Waals surface area contributed by atoms with Crippen LogP contribution in [-0.4, -0.2) is 47.7 Å². The number of alkyl halides is 3. The molecule has 0 N–H and O–H groups in total. The van der Waals surface area contributed by atoms with Crippen molar-refractivity contribution in [2.24, 2.45) is 7.05 Å². The van der Waals surface area contributed by atoms with Gasteiger partial charge >= 0.3 is 11.9 Å². The van der Waals surface area contributed by atoms with Crippen LogP contribution in [0.1, 0.15) is 11.1 Å². The highest BCUT2D eigenvalue weighted by atomic mass is 35.5. The molecule has 13 heteroatoms. The number of ether oxygens (including phenoxy) is 2. The number of hydrogen-bond donors (Lipinski definition) is 0. The van der Waals surface area contributed by atoms with Crippen LogP contribution in [0.2, 0.25) is 5.02 Å². The Kier molecular flexibility index (Phi) is 7.60. The quantitative estimate of drug-likeness (QED) is 0.413. The molecular formula is C24H22ClF5N4O3. The molecule has 37 heavy (non-hydrogen) atoms. The second-order valence-electron chi connectivity index (χ2n) is 8.50. The van der Waals surface area contributed by atoms with Crippen molar-refractivity contribution in [1.29, 1.82) is 0 Å². The molecule has 198 valence electrons. The Bertz CT molecular complexity index is 1330. The van der Waals surface area contributed by atoms with Crippen molar-refractivity contribution in [1.82, 2.24) is 14.5 Å². The average molecular weight is 545 g/mol. The minimum Gasteiger partial charge on any atom is -0.473 e. The minimum atomic E-state index is -4.77. The van der Waals surface area contributed by atoms with Crippen LogP contribution in [0.3, 0.4) is 0 Å². The average Bonchev–Trinajstić information content (AvgIpc) is 2.83. The molecule has 0 saturated carbocycles. The number of benzene rings is 2. The predicted molar refractivity (Wildman–Crippen MR) is 126 cm³/mol. The Labute approximate surface area is 213 Å². The number of piperazine rings is 1. The van der Waals surface area contributed by atoms with Gasteiger partial charge in [0.2, 0.25) is 5.88 Å². The van der Waals surface area contributed by atoms with E-state index in [4.69, 9.17) is 21.1 Å². The molecule has 1 aliphatic rings. The van der Waals surface area contributed by atoms with Crippen molar-refractivity contribution in [2.75, 3.05) is 38.1 Å². The summed E-state index contributed by atoms with van der Waals surface area (Å²) in [7, 11) is 3.59. The first kappa shape index (κ1) is 26.7. The molecule has 0 bridgehead atoms. The van der Waals surface area contributed by atoms with Crippen LogP contribution in [0.5, 0.6) is 17.4 Å². The Morgan fingerprint density at radius 2 is 1.65 bits per heavy atom. The standard InChI is InChI=1S/C24H22ClF5N4O3/c1-32-5-7-34(8-6-32)21-12-20(31-23(35)33(21)2)36-13-14-9-18(26)22(19(27)10-14)37-15-3-4-17(25)16(11-15)24(28,29)30/h3-4,9-12H,5-8,13H2,1-2H3. The van der Waals surface area contributed by atoms with E-state index in [1.54, 1.807) is 13.1 Å². The summed E-state index contributed by atoms with van der Waals surface area (Å²) >= 11 is 5.56. The second kappa shape index (κ2) is 10.5. The molecule has 1 fully saturated rings. The van der Waals surface area contributed by atoms with Gasteiger partial charge in [-0.3, -0.25) is 4.57 Å². The zero-order chi connectivity index (χ0) is 26.9. The summed E-state index contributed by atoms with van der Waals surface area (Å²) in [5, 5.41) is -0.576. The fourth-order valence-corrected chi connectivity index (χ4v) is 4.00. The first-order valence-corrected chi connectivity index (χ1v) is 11.5. The predicted octanol–water partition coefficient (Wildman–Crippen LogP) is 4.85. The molecule has 7 nitrogen and oxygen atoms in total. The zero-order valence-electron chi connectivity index (χ0n) is 19.8. The van der Waals surface area contributed by atoms with E-state index in [1.165, 1.54) is 4.57 Å². The SMILES string of the molecule is CN1CCN(c2cc(OCc3cc(F)c(Oc4ccc(Cl)c(C(F)(F)F)c4)c(F)c3)nc(=O)n2C)CC1. The first-order chi connectivity index (χ1) is 17.4. The summed E-state index contributed by atoms with van der Waals surface area (Å²) in [4.78, 5) is 20.4. The molecule has 2 heterocycles. The first-order valence-electron chi connectivity index (χ1n) is 11.1. The van der Waals surface area contributed by atoms with Gasteiger partial charge in [0.15, 0.2) is 17.4 Å². The van der Waals surface area contributed by atoms with Crippen LogP contribution in [0.4, 0.5) is 27.8 Å². The third-order valence-corrected chi connectivity index (χ3v) is 6.15. The highest BCUT2D eigenvalue weighted by Crippen LogP contribution is 2.38. The number of nitrogens with zero attached hydrogens (tertiary/aromatic N) is 4. The van der Waals surface area contributed by atoms with Gasteiger partial charge in [-0.05, 0) is 42.9 Å².